The zero-order valence-corrected chi connectivity index (χ0v) is 54.7. The lowest BCUT2D eigenvalue weighted by Crippen LogP contribution is -2.66. The second-order valence-electron chi connectivity index (χ2n) is 31.6. The third-order valence-electron chi connectivity index (χ3n) is 27.5. The molecule has 0 bridgehead atoms. The van der Waals surface area contributed by atoms with Crippen molar-refractivity contribution < 1.29 is 45.5 Å². The van der Waals surface area contributed by atoms with Crippen LogP contribution in [0.4, 0.5) is 26.3 Å². The van der Waals surface area contributed by atoms with Crippen molar-refractivity contribution in [1.29, 1.82) is 0 Å². The molecule has 2 N–H and O–H groups in total. The van der Waals surface area contributed by atoms with Crippen LogP contribution in [0.15, 0.2) is 84.2 Å². The van der Waals surface area contributed by atoms with Gasteiger partial charge in [-0.3, -0.25) is 9.59 Å². The minimum Gasteiger partial charge on any atom is -0.323 e. The fourth-order valence-corrected chi connectivity index (χ4v) is 23.4. The fraction of sp³-hybridized carbons (Fsp3) is 0.726. The SMILES string of the molecule is NCC(F)(F)F.[C-]#[N+]C1=C[C@]2(C)[C@H]3CC[C@@H]4[C@H]5[C@H](C(=C)C)CC[C@]5(C(=O)CCC(F)(F)F)CC[C@@]4(C)[C@]3(C)CC[C@H]2C(C)(C)C1=O.[C-]#[N+]C1=C[C@]2(C)[C@H]3CC[C@@H]4[C@H]5[C@H](C(=C)C)CC[C@]5(C(=O)Cl)CC[C@@]4(C)[C@]3(C)CC[C@H]2C(C)(C)C1=O.c1ccccc1. The average Bonchev–Trinajstić information content (AvgIpc) is 1.52. The van der Waals surface area contributed by atoms with Gasteiger partial charge in [-0.25, -0.2) is 9.69 Å². The number of hydrogen-bond acceptors (Lipinski definition) is 5. The van der Waals surface area contributed by atoms with Crippen LogP contribution in [0.5, 0.6) is 0 Å². The number of ketones is 3. The van der Waals surface area contributed by atoms with E-state index >= 15 is 0 Å². The van der Waals surface area contributed by atoms with E-state index in [2.05, 4.69) is 97.0 Å². The molecule has 8 fully saturated rings. The molecule has 10 aliphatic rings. The zero-order chi connectivity index (χ0) is 64.9. The normalized spacial score (nSPS) is 42.6. The van der Waals surface area contributed by atoms with E-state index in [-0.39, 0.29) is 96.3 Å². The van der Waals surface area contributed by atoms with Crippen molar-refractivity contribution >= 4 is 34.2 Å². The number of halogens is 7. The maximum Gasteiger partial charge on any atom is 0.400 e. The molecule has 478 valence electrons. The van der Waals surface area contributed by atoms with Crippen LogP contribution in [0.2, 0.25) is 0 Å². The quantitative estimate of drug-likeness (QED) is 0.132. The molecule has 0 heterocycles. The summed E-state index contributed by atoms with van der Waals surface area (Å²) >= 11 is 6.42. The third kappa shape index (κ3) is 10.8. The predicted molar refractivity (Wildman–Crippen MR) is 332 cm³/mol. The number of rotatable bonds is 6. The molecule has 18 atom stereocenters. The Kier molecular flexibility index (Phi) is 18.5. The second-order valence-corrected chi connectivity index (χ2v) is 31.9. The molecule has 0 spiro atoms. The number of carbonyl (C=O) groups is 4. The number of Topliss-reactive ketones (excluding diaryl/α,β-unsaturated/α-hetero) is 3. The van der Waals surface area contributed by atoms with Crippen molar-refractivity contribution in [1.82, 2.24) is 0 Å². The van der Waals surface area contributed by atoms with E-state index in [9.17, 15) is 45.5 Å². The molecule has 1 aromatic rings. The number of nitrogens with two attached hydrogens (primary N) is 1. The first-order valence-corrected chi connectivity index (χ1v) is 32.7. The molecule has 11 rings (SSSR count). The van der Waals surface area contributed by atoms with Gasteiger partial charge in [-0.1, -0.05) is 142 Å². The van der Waals surface area contributed by atoms with E-state index in [1.165, 1.54) is 5.57 Å². The van der Waals surface area contributed by atoms with E-state index < -0.39 is 53.4 Å². The summed E-state index contributed by atoms with van der Waals surface area (Å²) in [6.07, 6.45) is 9.05. The summed E-state index contributed by atoms with van der Waals surface area (Å²) in [7, 11) is 0. The van der Waals surface area contributed by atoms with E-state index in [1.54, 1.807) is 0 Å². The zero-order valence-electron chi connectivity index (χ0n) is 54.0. The Bertz CT molecular complexity index is 3020. The Morgan fingerprint density at radius 2 is 0.897 bits per heavy atom. The van der Waals surface area contributed by atoms with E-state index in [4.69, 9.17) is 24.7 Å². The number of fused-ring (bicyclic) bond motifs is 14. The molecule has 7 nitrogen and oxygen atoms in total. The van der Waals surface area contributed by atoms with Gasteiger partial charge in [-0.15, -0.1) is 0 Å². The van der Waals surface area contributed by atoms with Crippen LogP contribution in [0.25, 0.3) is 9.69 Å². The first kappa shape index (κ1) is 68.6. The van der Waals surface area contributed by atoms with Crippen LogP contribution in [-0.4, -0.2) is 41.5 Å². The van der Waals surface area contributed by atoms with Crippen molar-refractivity contribution in [3.63, 3.8) is 0 Å². The maximum absolute atomic E-state index is 13.8. The van der Waals surface area contributed by atoms with Gasteiger partial charge >= 0.3 is 12.4 Å². The van der Waals surface area contributed by atoms with Crippen molar-refractivity contribution in [2.24, 2.45) is 119 Å². The van der Waals surface area contributed by atoms with Crippen LogP contribution in [0, 0.1) is 126 Å². The van der Waals surface area contributed by atoms with Crippen LogP contribution in [-0.2, 0) is 19.2 Å². The van der Waals surface area contributed by atoms with Gasteiger partial charge in [0.1, 0.15) is 5.78 Å². The lowest BCUT2D eigenvalue weighted by atomic mass is 9.32. The molecule has 10 aliphatic carbocycles. The summed E-state index contributed by atoms with van der Waals surface area (Å²) in [5, 5.41) is -0.117. The Morgan fingerprint density at radius 3 is 1.23 bits per heavy atom. The summed E-state index contributed by atoms with van der Waals surface area (Å²) in [6, 6.07) is 12.0. The molecule has 87 heavy (non-hydrogen) atoms. The molecule has 8 saturated carbocycles. The number of allylic oxidation sites excluding steroid dienone is 6. The first-order valence-electron chi connectivity index (χ1n) is 32.3. The molecule has 0 unspecified atom stereocenters. The topological polar surface area (TPSA) is 103 Å². The molecule has 0 aromatic heterocycles. The van der Waals surface area contributed by atoms with E-state index in [1.807, 2.05) is 63.2 Å². The van der Waals surface area contributed by atoms with Gasteiger partial charge in [0.05, 0.1) is 26.1 Å². The van der Waals surface area contributed by atoms with Crippen LogP contribution >= 0.6 is 11.6 Å². The van der Waals surface area contributed by atoms with Gasteiger partial charge in [-0.05, 0) is 220 Å². The average molecular weight is 1230 g/mol. The van der Waals surface area contributed by atoms with Gasteiger partial charge in [0.2, 0.25) is 16.6 Å². The molecule has 0 amide bonds. The monoisotopic (exact) mass is 1230 g/mol. The lowest BCUT2D eigenvalue weighted by molar-refractivity contribution is -0.218. The summed E-state index contributed by atoms with van der Waals surface area (Å²) in [4.78, 5) is 60.6. The van der Waals surface area contributed by atoms with Crippen LogP contribution in [0.1, 0.15) is 199 Å². The Morgan fingerprint density at radius 1 is 0.540 bits per heavy atom. The molecule has 0 aliphatic heterocycles. The minimum atomic E-state index is -4.33. The van der Waals surface area contributed by atoms with Crippen molar-refractivity contribution in [2.75, 3.05) is 6.54 Å². The van der Waals surface area contributed by atoms with Crippen molar-refractivity contribution in [2.45, 2.75) is 211 Å². The Hall–Kier alpha value is -4.33. The number of carbonyl (C=O) groups excluding carboxylic acids is 4. The number of hydrogen-bond donors (Lipinski definition) is 1. The molecule has 0 radical (unpaired) electrons. The van der Waals surface area contributed by atoms with E-state index in [0.717, 1.165) is 95.5 Å². The van der Waals surface area contributed by atoms with Gasteiger partial charge in [0, 0.05) is 28.1 Å². The molecular weight excluding hydrogens is 1130 g/mol. The van der Waals surface area contributed by atoms with Gasteiger partial charge < -0.3 is 15.3 Å². The summed E-state index contributed by atoms with van der Waals surface area (Å²) in [6.45, 7) is 49.8. The lowest BCUT2D eigenvalue weighted by Gasteiger charge is -2.71. The van der Waals surface area contributed by atoms with Crippen molar-refractivity contribution in [3.05, 3.63) is 107 Å². The Labute approximate surface area is 521 Å². The minimum absolute atomic E-state index is 0.0248. The van der Waals surface area contributed by atoms with Gasteiger partial charge in [0.15, 0.2) is 11.6 Å². The number of alkyl halides is 6. The van der Waals surface area contributed by atoms with Crippen LogP contribution < -0.4 is 5.73 Å². The third-order valence-corrected chi connectivity index (χ3v) is 27.9. The highest BCUT2D eigenvalue weighted by Gasteiger charge is 2.74. The largest absolute Gasteiger partial charge is 0.400 e. The highest BCUT2D eigenvalue weighted by atomic mass is 35.5. The number of benzene rings is 1. The second kappa shape index (κ2) is 23.4. The van der Waals surface area contributed by atoms with Gasteiger partial charge in [-0.2, -0.15) is 26.3 Å². The standard InChI is InChI=1S/C34H46F3NO2.C31H42ClNO2.C6H6.C2H4F3N/c1-20(2)21-11-15-33(26(39)13-16-34(35,36)37)18-17-31(6)22(27(21)33)9-10-25-30(5)19-23(38-8)28(40)29(3,4)24(30)12-14-32(25,31)7;1-18(2)19-11-14-31(26(32)35)16-15-29(6)20(24(19)31)9-10-23-28(5)17-21(33-8)25(34)27(3,4)22(28)12-13-30(23,29)7;1-2-4-6-5-3-1;3-2(4,5)1-6/h19,21-22,24-25,27H,1,9-18H2,2-7H3;17,19-20,22-24H,1,9-16H2,2-7H3;1-6H;1,6H2/t21-,22+,24-,25+,27+,30-,31+,32+,33+;19-,20+,22-,23+,24+,28-,29+,30+,31-;;/m00../s1. The summed E-state index contributed by atoms with van der Waals surface area (Å²) in [5.74, 6) is 2.48. The van der Waals surface area contributed by atoms with Gasteiger partial charge in [0.25, 0.3) is 0 Å². The summed E-state index contributed by atoms with van der Waals surface area (Å²) < 4.78 is 71.5. The van der Waals surface area contributed by atoms with Crippen LogP contribution in [0.3, 0.4) is 0 Å². The Balaban J connectivity index is 0.000000190. The molecule has 14 heteroatoms. The molecular formula is C73H98ClF6N3O4. The van der Waals surface area contributed by atoms with E-state index in [0.29, 0.717) is 42.2 Å². The smallest absolute Gasteiger partial charge is 0.323 e. The molecule has 1 aromatic carbocycles. The number of nitrogens with zero attached hydrogens (tertiary/aromatic N) is 2. The molecule has 0 saturated heterocycles. The summed E-state index contributed by atoms with van der Waals surface area (Å²) in [5.41, 5.74) is 4.48. The fourth-order valence-electron chi connectivity index (χ4n) is 23.1. The highest BCUT2D eigenvalue weighted by Crippen LogP contribution is 2.79. The first-order chi connectivity index (χ1) is 40.2. The van der Waals surface area contributed by atoms with Crippen molar-refractivity contribution in [3.8, 4) is 0 Å². The highest BCUT2D eigenvalue weighted by molar-refractivity contribution is 6.64. The maximum atomic E-state index is 13.8. The predicted octanol–water partition coefficient (Wildman–Crippen LogP) is 19.3.